The van der Waals surface area contributed by atoms with Crippen molar-refractivity contribution >= 4 is 43.1 Å². The van der Waals surface area contributed by atoms with Crippen molar-refractivity contribution in [3.8, 4) is 33.4 Å². The fourth-order valence-electron chi connectivity index (χ4n) is 6.53. The van der Waals surface area contributed by atoms with E-state index in [1.807, 2.05) is 0 Å². The molecule has 0 bridgehead atoms. The van der Waals surface area contributed by atoms with Crippen LogP contribution in [-0.2, 0) is 0 Å². The third-order valence-corrected chi connectivity index (χ3v) is 8.25. The Hall–Kier alpha value is -5.20. The van der Waals surface area contributed by atoms with Crippen LogP contribution in [-0.4, -0.2) is 0 Å². The second-order valence-corrected chi connectivity index (χ2v) is 10.4. The maximum Gasteiger partial charge on any atom is -0.00139 e. The molecule has 0 radical (unpaired) electrons. The number of fused-ring (bicyclic) bond motifs is 5. The molecule has 8 rings (SSSR count). The van der Waals surface area contributed by atoms with Crippen LogP contribution in [0.25, 0.3) is 76.5 Å². The Morgan fingerprint density at radius 3 is 1.30 bits per heavy atom. The molecule has 0 aromatic heterocycles. The van der Waals surface area contributed by atoms with Crippen molar-refractivity contribution in [1.29, 1.82) is 0 Å². The normalized spacial score (nSPS) is 11.5. The Morgan fingerprint density at radius 1 is 0.225 bits per heavy atom. The average molecular weight is 507 g/mol. The molecule has 0 fully saturated rings. The van der Waals surface area contributed by atoms with Gasteiger partial charge >= 0.3 is 0 Å². The third-order valence-electron chi connectivity index (χ3n) is 8.25. The van der Waals surface area contributed by atoms with Gasteiger partial charge in [0.15, 0.2) is 0 Å². The summed E-state index contributed by atoms with van der Waals surface area (Å²) in [5.41, 5.74) is 7.61. The molecular formula is C40H26. The first kappa shape index (κ1) is 22.8. The van der Waals surface area contributed by atoms with E-state index in [0.717, 1.165) is 0 Å². The molecule has 0 saturated heterocycles. The highest BCUT2D eigenvalue weighted by Gasteiger charge is 2.21. The molecule has 0 nitrogen and oxygen atoms in total. The first-order chi connectivity index (χ1) is 19.9. The van der Waals surface area contributed by atoms with Crippen LogP contribution in [0.15, 0.2) is 158 Å². The van der Waals surface area contributed by atoms with E-state index in [1.54, 1.807) is 0 Å². The molecule has 0 N–H and O–H groups in total. The molecule has 8 aromatic carbocycles. The van der Waals surface area contributed by atoms with Gasteiger partial charge in [0.1, 0.15) is 0 Å². The van der Waals surface area contributed by atoms with Crippen LogP contribution in [0.3, 0.4) is 0 Å². The molecule has 0 aliphatic carbocycles. The number of rotatable bonds is 3. The average Bonchev–Trinajstić information content (AvgIpc) is 3.04. The molecule has 0 atom stereocenters. The Labute approximate surface area is 233 Å². The summed E-state index contributed by atoms with van der Waals surface area (Å²) in [5.74, 6) is 0. The van der Waals surface area contributed by atoms with Gasteiger partial charge in [0, 0.05) is 0 Å². The quantitative estimate of drug-likeness (QED) is 0.165. The van der Waals surface area contributed by atoms with Crippen LogP contribution in [0.1, 0.15) is 0 Å². The minimum absolute atomic E-state index is 1.23. The van der Waals surface area contributed by atoms with Crippen molar-refractivity contribution in [3.05, 3.63) is 158 Å². The molecule has 0 amide bonds. The Bertz CT molecular complexity index is 2130. The molecule has 0 aliphatic heterocycles. The van der Waals surface area contributed by atoms with Crippen LogP contribution in [0.5, 0.6) is 0 Å². The van der Waals surface area contributed by atoms with E-state index in [9.17, 15) is 0 Å². The van der Waals surface area contributed by atoms with Crippen LogP contribution < -0.4 is 0 Å². The van der Waals surface area contributed by atoms with Crippen LogP contribution >= 0.6 is 0 Å². The minimum atomic E-state index is 1.23. The smallest absolute Gasteiger partial charge is 0.00139 e. The van der Waals surface area contributed by atoms with Gasteiger partial charge in [-0.25, -0.2) is 0 Å². The van der Waals surface area contributed by atoms with Crippen molar-refractivity contribution < 1.29 is 0 Å². The third kappa shape index (κ3) is 3.47. The highest BCUT2D eigenvalue weighted by Crippen LogP contribution is 2.48. The van der Waals surface area contributed by atoms with Crippen LogP contribution in [0.2, 0.25) is 0 Å². The summed E-state index contributed by atoms with van der Waals surface area (Å²) in [4.78, 5) is 0. The molecule has 0 aliphatic rings. The molecule has 0 spiro atoms. The molecule has 0 heterocycles. The summed E-state index contributed by atoms with van der Waals surface area (Å²) in [6, 6.07) is 57.5. The van der Waals surface area contributed by atoms with E-state index >= 15 is 0 Å². The van der Waals surface area contributed by atoms with E-state index in [4.69, 9.17) is 0 Å². The zero-order valence-corrected chi connectivity index (χ0v) is 22.0. The number of benzene rings is 8. The molecular weight excluding hydrogens is 480 g/mol. The van der Waals surface area contributed by atoms with Crippen molar-refractivity contribution in [2.75, 3.05) is 0 Å². The summed E-state index contributed by atoms with van der Waals surface area (Å²) in [7, 11) is 0. The van der Waals surface area contributed by atoms with Crippen LogP contribution in [0.4, 0.5) is 0 Å². The summed E-state index contributed by atoms with van der Waals surface area (Å²) in [5, 5.41) is 10.2. The molecule has 40 heavy (non-hydrogen) atoms. The SMILES string of the molecule is c1ccc(-c2ccc3c(ccc4ccccc43)c2-c2c3ccccc3c(-c3ccccc3)c3ccccc23)cc1. The van der Waals surface area contributed by atoms with Crippen molar-refractivity contribution in [3.63, 3.8) is 0 Å². The van der Waals surface area contributed by atoms with E-state index in [0.29, 0.717) is 0 Å². The minimum Gasteiger partial charge on any atom is -0.0622 e. The maximum atomic E-state index is 2.33. The lowest BCUT2D eigenvalue weighted by molar-refractivity contribution is 1.63. The summed E-state index contributed by atoms with van der Waals surface area (Å²) in [6.45, 7) is 0. The topological polar surface area (TPSA) is 0 Å². The second kappa shape index (κ2) is 9.22. The van der Waals surface area contributed by atoms with Crippen LogP contribution in [0, 0.1) is 0 Å². The number of hydrogen-bond donors (Lipinski definition) is 0. The maximum absolute atomic E-state index is 2.33. The van der Waals surface area contributed by atoms with Crippen molar-refractivity contribution in [1.82, 2.24) is 0 Å². The highest BCUT2D eigenvalue weighted by molar-refractivity contribution is 6.26. The summed E-state index contributed by atoms with van der Waals surface area (Å²) in [6.07, 6.45) is 0. The second-order valence-electron chi connectivity index (χ2n) is 10.4. The van der Waals surface area contributed by atoms with E-state index in [1.165, 1.54) is 76.5 Å². The first-order valence-electron chi connectivity index (χ1n) is 13.9. The van der Waals surface area contributed by atoms with E-state index in [2.05, 4.69) is 158 Å². The molecule has 0 saturated carbocycles. The molecule has 0 unspecified atom stereocenters. The summed E-state index contributed by atoms with van der Waals surface area (Å²) < 4.78 is 0. The van der Waals surface area contributed by atoms with E-state index in [-0.39, 0.29) is 0 Å². The molecule has 8 aromatic rings. The van der Waals surface area contributed by atoms with Gasteiger partial charge in [0.05, 0.1) is 0 Å². The van der Waals surface area contributed by atoms with Gasteiger partial charge in [0.2, 0.25) is 0 Å². The van der Waals surface area contributed by atoms with Gasteiger partial charge in [-0.15, -0.1) is 0 Å². The highest BCUT2D eigenvalue weighted by atomic mass is 14.2. The Balaban J connectivity index is 1.61. The standard InChI is InChI=1S/C40H26/c1-3-13-27(14-4-1)31-25-26-32-30-18-8-7-15-28(30)23-24-37(32)39(31)40-35-21-11-9-19-33(35)38(29-16-5-2-6-17-29)34-20-10-12-22-36(34)40/h1-26H. The zero-order chi connectivity index (χ0) is 26.5. The zero-order valence-electron chi connectivity index (χ0n) is 22.0. The molecule has 186 valence electrons. The van der Waals surface area contributed by atoms with Gasteiger partial charge in [-0.1, -0.05) is 158 Å². The lowest BCUT2D eigenvalue weighted by atomic mass is 9.81. The number of hydrogen-bond acceptors (Lipinski definition) is 0. The first-order valence-corrected chi connectivity index (χ1v) is 13.9. The fraction of sp³-hybridized carbons (Fsp3) is 0. The van der Waals surface area contributed by atoms with Gasteiger partial charge < -0.3 is 0 Å². The van der Waals surface area contributed by atoms with Gasteiger partial charge in [-0.05, 0) is 76.5 Å². The lowest BCUT2D eigenvalue weighted by Gasteiger charge is -2.21. The fourth-order valence-corrected chi connectivity index (χ4v) is 6.53. The summed E-state index contributed by atoms with van der Waals surface area (Å²) >= 11 is 0. The Kier molecular flexibility index (Phi) is 5.24. The van der Waals surface area contributed by atoms with Gasteiger partial charge in [0.25, 0.3) is 0 Å². The van der Waals surface area contributed by atoms with Gasteiger partial charge in [-0.2, -0.15) is 0 Å². The van der Waals surface area contributed by atoms with E-state index < -0.39 is 0 Å². The monoisotopic (exact) mass is 506 g/mol. The lowest BCUT2D eigenvalue weighted by Crippen LogP contribution is -1.94. The predicted octanol–water partition coefficient (Wildman–Crippen LogP) is 11.3. The Morgan fingerprint density at radius 2 is 0.675 bits per heavy atom. The largest absolute Gasteiger partial charge is 0.0622 e. The van der Waals surface area contributed by atoms with Gasteiger partial charge in [-0.3, -0.25) is 0 Å². The predicted molar refractivity (Wildman–Crippen MR) is 173 cm³/mol. The molecule has 0 heteroatoms. The van der Waals surface area contributed by atoms with Crippen molar-refractivity contribution in [2.24, 2.45) is 0 Å². The van der Waals surface area contributed by atoms with Crippen molar-refractivity contribution in [2.45, 2.75) is 0 Å².